The molecule has 1 rings (SSSR count). The zero-order valence-electron chi connectivity index (χ0n) is 11.3. The summed E-state index contributed by atoms with van der Waals surface area (Å²) in [5, 5.41) is 7.73. The second-order valence-corrected chi connectivity index (χ2v) is 4.42. The number of hydrogen-bond acceptors (Lipinski definition) is 3. The first kappa shape index (κ1) is 13.0. The quantitative estimate of drug-likeness (QED) is 0.826. The van der Waals surface area contributed by atoms with E-state index in [2.05, 4.69) is 43.0 Å². The zero-order valence-corrected chi connectivity index (χ0v) is 11.3. The summed E-state index contributed by atoms with van der Waals surface area (Å²) in [6, 6.07) is 0.496. The molecule has 1 heterocycles. The Hall–Kier alpha value is -1.03. The minimum atomic E-state index is 0.496. The van der Waals surface area contributed by atoms with Gasteiger partial charge in [-0.2, -0.15) is 5.10 Å². The van der Waals surface area contributed by atoms with E-state index < -0.39 is 0 Å². The number of rotatable bonds is 5. The lowest BCUT2D eigenvalue weighted by Gasteiger charge is -2.28. The maximum Gasteiger partial charge on any atom is 0.131 e. The Balaban J connectivity index is 3.18. The molecule has 0 atom stereocenters. The first-order valence-electron chi connectivity index (χ1n) is 5.96. The Kier molecular flexibility index (Phi) is 4.35. The van der Waals surface area contributed by atoms with Gasteiger partial charge in [0, 0.05) is 31.7 Å². The van der Waals surface area contributed by atoms with Crippen molar-refractivity contribution in [3.8, 4) is 0 Å². The Morgan fingerprint density at radius 2 is 2.06 bits per heavy atom. The van der Waals surface area contributed by atoms with E-state index in [1.54, 1.807) is 0 Å². The number of aryl methyl sites for hydroxylation is 2. The van der Waals surface area contributed by atoms with Crippen LogP contribution in [0.3, 0.4) is 0 Å². The van der Waals surface area contributed by atoms with Crippen LogP contribution in [0.5, 0.6) is 0 Å². The van der Waals surface area contributed by atoms with Crippen LogP contribution >= 0.6 is 0 Å². The lowest BCUT2D eigenvalue weighted by Crippen LogP contribution is -2.33. The molecule has 0 aliphatic rings. The molecule has 0 amide bonds. The molecule has 0 bridgehead atoms. The highest BCUT2D eigenvalue weighted by atomic mass is 15.4. The first-order valence-corrected chi connectivity index (χ1v) is 5.96. The summed E-state index contributed by atoms with van der Waals surface area (Å²) in [5.74, 6) is 1.24. The molecular formula is C12H24N4. The highest BCUT2D eigenvalue weighted by Gasteiger charge is 2.19. The molecule has 1 aromatic heterocycles. The number of hydrogen-bond donors (Lipinski definition) is 1. The average Bonchev–Trinajstić information content (AvgIpc) is 2.46. The second kappa shape index (κ2) is 5.34. The molecule has 16 heavy (non-hydrogen) atoms. The van der Waals surface area contributed by atoms with Crippen molar-refractivity contribution in [2.45, 2.75) is 40.3 Å². The average molecular weight is 224 g/mol. The SMILES string of the molecule is CCN(c1c(CNC)c(C)nn1C)C(C)C. The smallest absolute Gasteiger partial charge is 0.131 e. The molecule has 0 spiro atoms. The molecule has 0 aromatic carbocycles. The Morgan fingerprint density at radius 1 is 1.44 bits per heavy atom. The minimum absolute atomic E-state index is 0.496. The maximum atomic E-state index is 4.52. The summed E-state index contributed by atoms with van der Waals surface area (Å²) in [6.07, 6.45) is 0. The number of aromatic nitrogens is 2. The molecule has 1 aromatic rings. The second-order valence-electron chi connectivity index (χ2n) is 4.42. The Bertz CT molecular complexity index is 341. The lowest BCUT2D eigenvalue weighted by atomic mass is 10.2. The van der Waals surface area contributed by atoms with Crippen molar-refractivity contribution in [2.24, 2.45) is 7.05 Å². The van der Waals surface area contributed by atoms with Gasteiger partial charge in [-0.1, -0.05) is 0 Å². The molecule has 0 radical (unpaired) electrons. The van der Waals surface area contributed by atoms with E-state index >= 15 is 0 Å². The molecule has 0 unspecified atom stereocenters. The van der Waals surface area contributed by atoms with Gasteiger partial charge in [-0.3, -0.25) is 4.68 Å². The van der Waals surface area contributed by atoms with Crippen LogP contribution in [0.2, 0.25) is 0 Å². The third-order valence-corrected chi connectivity index (χ3v) is 2.90. The molecule has 0 saturated carbocycles. The van der Waals surface area contributed by atoms with Crippen LogP contribution < -0.4 is 10.2 Å². The van der Waals surface area contributed by atoms with Gasteiger partial charge in [-0.05, 0) is 34.7 Å². The largest absolute Gasteiger partial charge is 0.354 e. The van der Waals surface area contributed by atoms with Crippen LogP contribution in [0.1, 0.15) is 32.0 Å². The fourth-order valence-electron chi connectivity index (χ4n) is 2.19. The standard InChI is InChI=1S/C12H24N4/c1-7-16(9(2)3)12-11(8-13-5)10(4)14-15(12)6/h9,13H,7-8H2,1-6H3. The van der Waals surface area contributed by atoms with Crippen molar-refractivity contribution in [3.05, 3.63) is 11.3 Å². The summed E-state index contributed by atoms with van der Waals surface area (Å²) in [5.41, 5.74) is 2.42. The summed E-state index contributed by atoms with van der Waals surface area (Å²) in [4.78, 5) is 2.38. The molecule has 0 fully saturated rings. The molecule has 4 nitrogen and oxygen atoms in total. The van der Waals surface area contributed by atoms with Gasteiger partial charge < -0.3 is 10.2 Å². The molecule has 4 heteroatoms. The molecule has 0 aliphatic heterocycles. The number of nitrogens with one attached hydrogen (secondary N) is 1. The van der Waals surface area contributed by atoms with Crippen LogP contribution in [0.25, 0.3) is 0 Å². The van der Waals surface area contributed by atoms with Crippen LogP contribution in [0.15, 0.2) is 0 Å². The first-order chi connectivity index (χ1) is 7.52. The van der Waals surface area contributed by atoms with E-state index in [1.165, 1.54) is 11.4 Å². The van der Waals surface area contributed by atoms with Gasteiger partial charge in [0.15, 0.2) is 0 Å². The summed E-state index contributed by atoms with van der Waals surface area (Å²) in [7, 11) is 3.99. The van der Waals surface area contributed by atoms with Crippen molar-refractivity contribution < 1.29 is 0 Å². The maximum absolute atomic E-state index is 4.52. The van der Waals surface area contributed by atoms with Crippen molar-refractivity contribution in [1.29, 1.82) is 0 Å². The van der Waals surface area contributed by atoms with Crippen molar-refractivity contribution in [1.82, 2.24) is 15.1 Å². The van der Waals surface area contributed by atoms with Crippen molar-refractivity contribution in [2.75, 3.05) is 18.5 Å². The van der Waals surface area contributed by atoms with Gasteiger partial charge in [0.2, 0.25) is 0 Å². The topological polar surface area (TPSA) is 33.1 Å². The van der Waals surface area contributed by atoms with Crippen molar-refractivity contribution >= 4 is 5.82 Å². The Labute approximate surface area is 98.6 Å². The van der Waals surface area contributed by atoms with Gasteiger partial charge in [0.05, 0.1) is 5.69 Å². The summed E-state index contributed by atoms with van der Waals surface area (Å²) < 4.78 is 1.99. The zero-order chi connectivity index (χ0) is 12.3. The van der Waals surface area contributed by atoms with E-state index in [1.807, 2.05) is 18.8 Å². The van der Waals surface area contributed by atoms with E-state index in [0.29, 0.717) is 6.04 Å². The van der Waals surface area contributed by atoms with Crippen LogP contribution in [0.4, 0.5) is 5.82 Å². The predicted octanol–water partition coefficient (Wildman–Crippen LogP) is 1.68. The third kappa shape index (κ3) is 2.38. The molecule has 92 valence electrons. The minimum Gasteiger partial charge on any atom is -0.354 e. The third-order valence-electron chi connectivity index (χ3n) is 2.90. The summed E-state index contributed by atoms with van der Waals surface area (Å²) >= 11 is 0. The molecule has 0 aliphatic carbocycles. The van der Waals surface area contributed by atoms with E-state index in [4.69, 9.17) is 0 Å². The summed E-state index contributed by atoms with van der Waals surface area (Å²) in [6.45, 7) is 10.6. The van der Waals surface area contributed by atoms with Crippen LogP contribution in [-0.4, -0.2) is 29.4 Å². The van der Waals surface area contributed by atoms with E-state index in [-0.39, 0.29) is 0 Å². The van der Waals surface area contributed by atoms with Gasteiger partial charge in [-0.15, -0.1) is 0 Å². The fraction of sp³-hybridized carbons (Fsp3) is 0.750. The molecular weight excluding hydrogens is 200 g/mol. The van der Waals surface area contributed by atoms with Gasteiger partial charge in [-0.25, -0.2) is 0 Å². The highest BCUT2D eigenvalue weighted by Crippen LogP contribution is 2.24. The lowest BCUT2D eigenvalue weighted by molar-refractivity contribution is 0.645. The number of nitrogens with zero attached hydrogens (tertiary/aromatic N) is 3. The van der Waals surface area contributed by atoms with Gasteiger partial charge in [0.1, 0.15) is 5.82 Å². The predicted molar refractivity (Wildman–Crippen MR) is 68.9 cm³/mol. The monoisotopic (exact) mass is 224 g/mol. The van der Waals surface area contributed by atoms with E-state index in [0.717, 1.165) is 18.8 Å². The normalized spacial score (nSPS) is 11.2. The molecule has 0 saturated heterocycles. The van der Waals surface area contributed by atoms with Crippen LogP contribution in [0, 0.1) is 6.92 Å². The number of anilines is 1. The van der Waals surface area contributed by atoms with Crippen LogP contribution in [-0.2, 0) is 13.6 Å². The Morgan fingerprint density at radius 3 is 2.50 bits per heavy atom. The highest BCUT2D eigenvalue weighted by molar-refractivity contribution is 5.50. The van der Waals surface area contributed by atoms with Gasteiger partial charge in [0.25, 0.3) is 0 Å². The van der Waals surface area contributed by atoms with E-state index in [9.17, 15) is 0 Å². The fourth-order valence-corrected chi connectivity index (χ4v) is 2.19. The van der Waals surface area contributed by atoms with Crippen molar-refractivity contribution in [3.63, 3.8) is 0 Å². The molecule has 1 N–H and O–H groups in total. The van der Waals surface area contributed by atoms with Gasteiger partial charge >= 0.3 is 0 Å².